The molecule has 0 radical (unpaired) electrons. The Morgan fingerprint density at radius 2 is 1.84 bits per heavy atom. The molecule has 1 unspecified atom stereocenters. The summed E-state index contributed by atoms with van der Waals surface area (Å²) in [4.78, 5) is 54.6. The van der Waals surface area contributed by atoms with E-state index in [1.807, 2.05) is 36.4 Å². The van der Waals surface area contributed by atoms with Crippen LogP contribution in [0.3, 0.4) is 0 Å². The van der Waals surface area contributed by atoms with Crippen LogP contribution in [0.2, 0.25) is 0 Å². The highest BCUT2D eigenvalue weighted by atomic mass is 16.2. The number of amides is 3. The topological polar surface area (TPSA) is 117 Å². The summed E-state index contributed by atoms with van der Waals surface area (Å²) in [6.07, 6.45) is 9.46. The van der Waals surface area contributed by atoms with Crippen LogP contribution in [0.5, 0.6) is 0 Å². The average molecular weight is 507 g/mol. The van der Waals surface area contributed by atoms with Crippen molar-refractivity contribution in [2.75, 3.05) is 17.2 Å². The van der Waals surface area contributed by atoms with Crippen molar-refractivity contribution in [3.63, 3.8) is 0 Å². The summed E-state index contributed by atoms with van der Waals surface area (Å²) in [6.45, 7) is -0.128. The minimum absolute atomic E-state index is 0.0383. The van der Waals surface area contributed by atoms with Gasteiger partial charge in [0.25, 0.3) is 5.91 Å². The van der Waals surface area contributed by atoms with E-state index in [1.54, 1.807) is 24.7 Å². The molecular weight excluding hydrogens is 480 g/mol. The number of aliphatic imine (C=N–C) groups is 1. The molecule has 38 heavy (non-hydrogen) atoms. The largest absolute Gasteiger partial charge is 0.325 e. The molecule has 0 saturated heterocycles. The highest BCUT2D eigenvalue weighted by Crippen LogP contribution is 2.47. The van der Waals surface area contributed by atoms with Crippen molar-refractivity contribution < 1.29 is 14.4 Å². The molecule has 7 rings (SSSR count). The fourth-order valence-electron chi connectivity index (χ4n) is 6.50. The Morgan fingerprint density at radius 3 is 2.66 bits per heavy atom. The zero-order chi connectivity index (χ0) is 25.9. The summed E-state index contributed by atoms with van der Waals surface area (Å²) in [5, 5.41) is 5.88. The smallest absolute Gasteiger partial charge is 0.256 e. The van der Waals surface area contributed by atoms with Crippen molar-refractivity contribution in [2.24, 2.45) is 4.99 Å². The molecule has 3 amide bonds. The molecule has 9 heteroatoms. The summed E-state index contributed by atoms with van der Waals surface area (Å²) in [7, 11) is 0. The number of carbonyl (C=O) groups excluding carboxylic acids is 3. The van der Waals surface area contributed by atoms with Gasteiger partial charge in [0.1, 0.15) is 23.7 Å². The van der Waals surface area contributed by atoms with Crippen molar-refractivity contribution in [3.05, 3.63) is 83.3 Å². The highest BCUT2D eigenvalue weighted by Gasteiger charge is 2.52. The molecule has 2 aliphatic heterocycles. The number of amidine groups is 1. The molecular formula is C29H26N6O3. The third kappa shape index (κ3) is 3.38. The summed E-state index contributed by atoms with van der Waals surface area (Å²) in [5.41, 5.74) is 2.96. The van der Waals surface area contributed by atoms with Gasteiger partial charge in [-0.3, -0.25) is 29.3 Å². The molecule has 1 fully saturated rings. The van der Waals surface area contributed by atoms with Gasteiger partial charge < -0.3 is 10.6 Å². The Morgan fingerprint density at radius 1 is 1.03 bits per heavy atom. The van der Waals surface area contributed by atoms with Crippen molar-refractivity contribution in [1.29, 1.82) is 0 Å². The molecule has 2 spiro atoms. The Bertz CT molecular complexity index is 1530. The number of benzene rings is 1. The van der Waals surface area contributed by atoms with Gasteiger partial charge in [0.15, 0.2) is 0 Å². The van der Waals surface area contributed by atoms with Gasteiger partial charge in [-0.15, -0.1) is 0 Å². The molecule has 190 valence electrons. The lowest BCUT2D eigenvalue weighted by Gasteiger charge is -2.22. The molecule has 1 aromatic carbocycles. The zero-order valence-electron chi connectivity index (χ0n) is 20.7. The SMILES string of the molecule is O=C(CN1C(=O)C2(CCCC2)N=C1c1cccnc1)Nc1ccc2c(c1)CC1(C2)C(=O)Nc2ncccc21. The molecule has 9 nitrogen and oxygen atoms in total. The second kappa shape index (κ2) is 8.31. The molecule has 3 aromatic rings. The van der Waals surface area contributed by atoms with E-state index in [0.29, 0.717) is 43.0 Å². The van der Waals surface area contributed by atoms with Gasteiger partial charge in [-0.2, -0.15) is 0 Å². The quantitative estimate of drug-likeness (QED) is 0.564. The van der Waals surface area contributed by atoms with Crippen molar-refractivity contribution in [2.45, 2.75) is 49.5 Å². The maximum atomic E-state index is 13.5. The molecule has 2 aliphatic carbocycles. The van der Waals surface area contributed by atoms with Crippen molar-refractivity contribution >= 4 is 35.1 Å². The lowest BCUT2D eigenvalue weighted by atomic mass is 9.79. The van der Waals surface area contributed by atoms with E-state index in [-0.39, 0.29) is 24.3 Å². The molecule has 2 N–H and O–H groups in total. The number of rotatable bonds is 4. The van der Waals surface area contributed by atoms with E-state index in [2.05, 4.69) is 20.6 Å². The van der Waals surface area contributed by atoms with Crippen LogP contribution in [-0.4, -0.2) is 50.5 Å². The van der Waals surface area contributed by atoms with Gasteiger partial charge in [0.2, 0.25) is 11.8 Å². The number of fused-ring (bicyclic) bond motifs is 3. The van der Waals surface area contributed by atoms with Gasteiger partial charge in [-0.1, -0.05) is 25.0 Å². The predicted molar refractivity (Wildman–Crippen MR) is 141 cm³/mol. The fraction of sp³-hybridized carbons (Fsp3) is 0.310. The third-order valence-corrected chi connectivity index (χ3v) is 8.34. The minimum atomic E-state index is -0.764. The summed E-state index contributed by atoms with van der Waals surface area (Å²) >= 11 is 0. The Labute approximate surface area is 219 Å². The van der Waals surface area contributed by atoms with Crippen LogP contribution in [0.15, 0.2) is 66.0 Å². The predicted octanol–water partition coefficient (Wildman–Crippen LogP) is 3.01. The fourth-order valence-corrected chi connectivity index (χ4v) is 6.50. The van der Waals surface area contributed by atoms with Crippen LogP contribution in [0.1, 0.15) is 47.9 Å². The number of anilines is 2. The van der Waals surface area contributed by atoms with E-state index in [9.17, 15) is 14.4 Å². The van der Waals surface area contributed by atoms with Crippen LogP contribution >= 0.6 is 0 Å². The first-order valence-electron chi connectivity index (χ1n) is 13.0. The summed E-state index contributed by atoms with van der Waals surface area (Å²) in [6, 6.07) is 13.2. The van der Waals surface area contributed by atoms with Gasteiger partial charge in [-0.25, -0.2) is 4.98 Å². The van der Waals surface area contributed by atoms with Crippen LogP contribution in [0.25, 0.3) is 0 Å². The van der Waals surface area contributed by atoms with E-state index < -0.39 is 11.0 Å². The Hall–Kier alpha value is -4.40. The van der Waals surface area contributed by atoms with Gasteiger partial charge in [0, 0.05) is 35.4 Å². The first-order chi connectivity index (χ1) is 18.5. The Balaban J connectivity index is 1.11. The van der Waals surface area contributed by atoms with Gasteiger partial charge in [0.05, 0.1) is 5.41 Å². The van der Waals surface area contributed by atoms with Crippen LogP contribution in [-0.2, 0) is 32.6 Å². The molecule has 4 aliphatic rings. The van der Waals surface area contributed by atoms with Crippen LogP contribution in [0, 0.1) is 0 Å². The average Bonchev–Trinajstić information content (AvgIpc) is 3.68. The molecule has 2 aromatic heterocycles. The third-order valence-electron chi connectivity index (χ3n) is 8.34. The standard InChI is InChI=1S/C29H26N6O3/c36-23(17-35-25(19-5-3-11-30-16-19)34-29(27(35)38)9-1-2-10-29)32-21-8-7-18-14-28(15-20(18)13-21)22-6-4-12-31-24(22)33-26(28)37/h3-8,11-13,16H,1-2,9-10,14-15,17H2,(H,32,36)(H,31,33,37). The number of hydrogen-bond acceptors (Lipinski definition) is 6. The first kappa shape index (κ1) is 22.8. The molecule has 1 atom stereocenters. The monoisotopic (exact) mass is 506 g/mol. The molecule has 4 heterocycles. The lowest BCUT2D eigenvalue weighted by molar-refractivity contribution is -0.133. The number of pyridine rings is 2. The highest BCUT2D eigenvalue weighted by molar-refractivity contribution is 6.17. The van der Waals surface area contributed by atoms with E-state index in [0.717, 1.165) is 35.1 Å². The zero-order valence-corrected chi connectivity index (χ0v) is 20.7. The first-order valence-corrected chi connectivity index (χ1v) is 13.0. The number of carbonyl (C=O) groups is 3. The molecule has 1 saturated carbocycles. The summed E-state index contributed by atoms with van der Waals surface area (Å²) in [5.74, 6) is 0.685. The van der Waals surface area contributed by atoms with E-state index in [4.69, 9.17) is 4.99 Å². The number of nitrogens with one attached hydrogen (secondary N) is 2. The number of aromatic nitrogens is 2. The second-order valence-electron chi connectivity index (χ2n) is 10.6. The molecule has 0 bridgehead atoms. The van der Waals surface area contributed by atoms with Gasteiger partial charge in [-0.05, 0) is 67.1 Å². The van der Waals surface area contributed by atoms with Crippen LogP contribution in [0.4, 0.5) is 11.5 Å². The number of nitrogens with zero attached hydrogens (tertiary/aromatic N) is 4. The normalized spacial score (nSPS) is 22.5. The van der Waals surface area contributed by atoms with Crippen molar-refractivity contribution in [1.82, 2.24) is 14.9 Å². The van der Waals surface area contributed by atoms with E-state index in [1.165, 1.54) is 4.90 Å². The lowest BCUT2D eigenvalue weighted by Crippen LogP contribution is -2.44. The maximum Gasteiger partial charge on any atom is 0.256 e. The maximum absolute atomic E-state index is 13.5. The summed E-state index contributed by atoms with van der Waals surface area (Å²) < 4.78 is 0. The van der Waals surface area contributed by atoms with Crippen LogP contribution < -0.4 is 10.6 Å². The van der Waals surface area contributed by atoms with Crippen molar-refractivity contribution in [3.8, 4) is 0 Å². The minimum Gasteiger partial charge on any atom is -0.325 e. The van der Waals surface area contributed by atoms with Gasteiger partial charge >= 0.3 is 0 Å². The van der Waals surface area contributed by atoms with E-state index >= 15 is 0 Å². The second-order valence-corrected chi connectivity index (χ2v) is 10.6. The Kier molecular flexibility index (Phi) is 4.98. The number of hydrogen-bond donors (Lipinski definition) is 2.